The van der Waals surface area contributed by atoms with Crippen LogP contribution in [0, 0.1) is 11.8 Å². The molecular weight excluding hydrogens is 186 g/mol. The van der Waals surface area contributed by atoms with Crippen molar-refractivity contribution in [2.45, 2.75) is 51.5 Å². The smallest absolute Gasteiger partial charge is 0.109 e. The summed E-state index contributed by atoms with van der Waals surface area (Å²) < 4.78 is 5.66. The lowest BCUT2D eigenvalue weighted by molar-refractivity contribution is 0.145. The van der Waals surface area contributed by atoms with E-state index < -0.39 is 0 Å². The predicted octanol–water partition coefficient (Wildman–Crippen LogP) is 2.83. The molecule has 1 saturated carbocycles. The molecule has 0 aromatic heterocycles. The molecule has 2 aliphatic rings. The van der Waals surface area contributed by atoms with Gasteiger partial charge in [0.25, 0.3) is 0 Å². The fourth-order valence-electron chi connectivity index (χ4n) is 2.85. The van der Waals surface area contributed by atoms with E-state index in [1.165, 1.54) is 25.7 Å². The Kier molecular flexibility index (Phi) is 3.68. The largest absolute Gasteiger partial charge is 0.497 e. The van der Waals surface area contributed by atoms with Gasteiger partial charge in [0.1, 0.15) is 5.76 Å². The van der Waals surface area contributed by atoms with Crippen molar-refractivity contribution in [2.75, 3.05) is 6.61 Å². The number of allylic oxidation sites excluding steroid dienone is 1. The molecule has 0 bridgehead atoms. The Morgan fingerprint density at radius 1 is 1.40 bits per heavy atom. The molecule has 3 unspecified atom stereocenters. The number of ether oxygens (including phenoxy) is 1. The van der Waals surface area contributed by atoms with Gasteiger partial charge in [-0.1, -0.05) is 19.8 Å². The zero-order chi connectivity index (χ0) is 10.7. The topological polar surface area (TPSA) is 35.2 Å². The fourth-order valence-corrected chi connectivity index (χ4v) is 2.85. The van der Waals surface area contributed by atoms with Crippen LogP contribution in [0.1, 0.15) is 45.4 Å². The van der Waals surface area contributed by atoms with Crippen LogP contribution < -0.4 is 5.73 Å². The lowest BCUT2D eigenvalue weighted by Crippen LogP contribution is -2.36. The monoisotopic (exact) mass is 209 g/mol. The summed E-state index contributed by atoms with van der Waals surface area (Å²) in [4.78, 5) is 0. The molecule has 0 radical (unpaired) electrons. The molecule has 0 aromatic carbocycles. The normalized spacial score (nSPS) is 34.1. The maximum atomic E-state index is 6.29. The van der Waals surface area contributed by atoms with Crippen LogP contribution in [0.2, 0.25) is 0 Å². The first-order valence-corrected chi connectivity index (χ1v) is 6.36. The first-order valence-electron chi connectivity index (χ1n) is 6.36. The van der Waals surface area contributed by atoms with Gasteiger partial charge in [0.05, 0.1) is 12.6 Å². The molecule has 2 N–H and O–H groups in total. The molecular formula is C13H23NO. The van der Waals surface area contributed by atoms with E-state index in [1.54, 1.807) is 0 Å². The van der Waals surface area contributed by atoms with Crippen molar-refractivity contribution in [1.82, 2.24) is 0 Å². The van der Waals surface area contributed by atoms with Crippen LogP contribution in [0.25, 0.3) is 0 Å². The van der Waals surface area contributed by atoms with Crippen molar-refractivity contribution >= 4 is 0 Å². The van der Waals surface area contributed by atoms with Crippen LogP contribution in [0.15, 0.2) is 11.8 Å². The second kappa shape index (κ2) is 5.02. The van der Waals surface area contributed by atoms with E-state index >= 15 is 0 Å². The SMILES string of the molecule is CC1CCCC(C(N)C2=CCCCO2)C1. The Balaban J connectivity index is 1.93. The highest BCUT2D eigenvalue weighted by molar-refractivity contribution is 5.07. The molecule has 2 nitrogen and oxygen atoms in total. The third-order valence-electron chi connectivity index (χ3n) is 3.78. The van der Waals surface area contributed by atoms with E-state index in [2.05, 4.69) is 13.0 Å². The highest BCUT2D eigenvalue weighted by Gasteiger charge is 2.27. The van der Waals surface area contributed by atoms with Crippen LogP contribution >= 0.6 is 0 Å². The van der Waals surface area contributed by atoms with E-state index in [9.17, 15) is 0 Å². The maximum Gasteiger partial charge on any atom is 0.109 e. The molecule has 1 aliphatic heterocycles. The van der Waals surface area contributed by atoms with Gasteiger partial charge in [0.15, 0.2) is 0 Å². The van der Waals surface area contributed by atoms with Crippen LogP contribution in [0.3, 0.4) is 0 Å². The summed E-state index contributed by atoms with van der Waals surface area (Å²) in [6, 6.07) is 0.160. The Morgan fingerprint density at radius 3 is 2.93 bits per heavy atom. The number of hydrogen-bond donors (Lipinski definition) is 1. The van der Waals surface area contributed by atoms with Crippen molar-refractivity contribution in [3.8, 4) is 0 Å². The van der Waals surface area contributed by atoms with Gasteiger partial charge in [-0.2, -0.15) is 0 Å². The van der Waals surface area contributed by atoms with Crippen molar-refractivity contribution in [1.29, 1.82) is 0 Å². The fraction of sp³-hybridized carbons (Fsp3) is 0.846. The lowest BCUT2D eigenvalue weighted by atomic mass is 9.78. The van der Waals surface area contributed by atoms with E-state index in [4.69, 9.17) is 10.5 Å². The van der Waals surface area contributed by atoms with Crippen molar-refractivity contribution in [2.24, 2.45) is 17.6 Å². The zero-order valence-corrected chi connectivity index (χ0v) is 9.74. The van der Waals surface area contributed by atoms with Crippen LogP contribution in [0.5, 0.6) is 0 Å². The van der Waals surface area contributed by atoms with Crippen molar-refractivity contribution in [3.63, 3.8) is 0 Å². The van der Waals surface area contributed by atoms with Crippen LogP contribution in [0.4, 0.5) is 0 Å². The van der Waals surface area contributed by atoms with Gasteiger partial charge < -0.3 is 10.5 Å². The molecule has 0 saturated heterocycles. The van der Waals surface area contributed by atoms with Gasteiger partial charge in [0, 0.05) is 0 Å². The molecule has 86 valence electrons. The first-order chi connectivity index (χ1) is 7.27. The van der Waals surface area contributed by atoms with Crippen LogP contribution in [-0.2, 0) is 4.74 Å². The molecule has 2 heteroatoms. The third-order valence-corrected chi connectivity index (χ3v) is 3.78. The molecule has 1 heterocycles. The Labute approximate surface area is 92.9 Å². The van der Waals surface area contributed by atoms with E-state index in [1.807, 2.05) is 0 Å². The highest BCUT2D eigenvalue weighted by atomic mass is 16.5. The van der Waals surface area contributed by atoms with E-state index in [-0.39, 0.29) is 6.04 Å². The van der Waals surface area contributed by atoms with Gasteiger partial charge in [-0.25, -0.2) is 0 Å². The molecule has 1 fully saturated rings. The second-order valence-corrected chi connectivity index (χ2v) is 5.15. The van der Waals surface area contributed by atoms with E-state index in [0.29, 0.717) is 5.92 Å². The van der Waals surface area contributed by atoms with Gasteiger partial charge in [-0.05, 0) is 43.6 Å². The van der Waals surface area contributed by atoms with Gasteiger partial charge in [0.2, 0.25) is 0 Å². The van der Waals surface area contributed by atoms with Gasteiger partial charge >= 0.3 is 0 Å². The lowest BCUT2D eigenvalue weighted by Gasteiger charge is -2.33. The minimum absolute atomic E-state index is 0.160. The summed E-state index contributed by atoms with van der Waals surface area (Å²) in [6.45, 7) is 3.21. The zero-order valence-electron chi connectivity index (χ0n) is 9.74. The Morgan fingerprint density at radius 2 is 2.27 bits per heavy atom. The minimum atomic E-state index is 0.160. The first kappa shape index (κ1) is 11.0. The molecule has 0 spiro atoms. The van der Waals surface area contributed by atoms with Gasteiger partial charge in [-0.15, -0.1) is 0 Å². The van der Waals surface area contributed by atoms with Crippen LogP contribution in [-0.4, -0.2) is 12.6 Å². The highest BCUT2D eigenvalue weighted by Crippen LogP contribution is 2.33. The Bertz CT molecular complexity index is 237. The standard InChI is InChI=1S/C13H23NO/c1-10-5-4-6-11(9-10)13(14)12-7-2-3-8-15-12/h7,10-11,13H,2-6,8-9,14H2,1H3. The molecule has 3 atom stereocenters. The number of nitrogens with two attached hydrogens (primary N) is 1. The summed E-state index contributed by atoms with van der Waals surface area (Å²) >= 11 is 0. The average molecular weight is 209 g/mol. The summed E-state index contributed by atoms with van der Waals surface area (Å²) in [5, 5.41) is 0. The van der Waals surface area contributed by atoms with Gasteiger partial charge in [-0.3, -0.25) is 0 Å². The molecule has 1 aliphatic carbocycles. The molecule has 2 rings (SSSR count). The number of rotatable bonds is 2. The summed E-state index contributed by atoms with van der Waals surface area (Å²) in [5.74, 6) is 2.57. The minimum Gasteiger partial charge on any atom is -0.497 e. The molecule has 0 amide bonds. The quantitative estimate of drug-likeness (QED) is 0.759. The number of hydrogen-bond acceptors (Lipinski definition) is 2. The predicted molar refractivity (Wildman–Crippen MR) is 62.4 cm³/mol. The van der Waals surface area contributed by atoms with Crippen molar-refractivity contribution in [3.05, 3.63) is 11.8 Å². The average Bonchev–Trinajstić information content (AvgIpc) is 2.29. The molecule has 15 heavy (non-hydrogen) atoms. The third kappa shape index (κ3) is 2.75. The van der Waals surface area contributed by atoms with E-state index in [0.717, 1.165) is 31.1 Å². The summed E-state index contributed by atoms with van der Waals surface area (Å²) in [5.41, 5.74) is 6.29. The summed E-state index contributed by atoms with van der Waals surface area (Å²) in [6.07, 6.45) is 9.78. The van der Waals surface area contributed by atoms with Crippen molar-refractivity contribution < 1.29 is 4.74 Å². The molecule has 0 aromatic rings. The second-order valence-electron chi connectivity index (χ2n) is 5.15. The maximum absolute atomic E-state index is 6.29. The Hall–Kier alpha value is -0.500. The summed E-state index contributed by atoms with van der Waals surface area (Å²) in [7, 11) is 0.